The van der Waals surface area contributed by atoms with E-state index in [-0.39, 0.29) is 17.9 Å². The molecule has 0 aliphatic carbocycles. The molecule has 8 heteroatoms. The summed E-state index contributed by atoms with van der Waals surface area (Å²) < 4.78 is 11.5. The van der Waals surface area contributed by atoms with Gasteiger partial charge in [-0.25, -0.2) is 0 Å². The SMILES string of the molecule is COc1ccc(CCN2C(=O)C(=O)/C(=C(\O)c3ccc(Br)cc3)C2c2ccc(Cl)cc2)cc1OC. The Hall–Kier alpha value is -3.29. The van der Waals surface area contributed by atoms with Gasteiger partial charge in [-0.1, -0.05) is 57.9 Å². The highest BCUT2D eigenvalue weighted by Gasteiger charge is 2.45. The summed E-state index contributed by atoms with van der Waals surface area (Å²) in [7, 11) is 3.12. The number of ketones is 1. The zero-order valence-corrected chi connectivity index (χ0v) is 21.5. The van der Waals surface area contributed by atoms with Gasteiger partial charge >= 0.3 is 0 Å². The Morgan fingerprint density at radius 2 is 1.63 bits per heavy atom. The maximum absolute atomic E-state index is 13.2. The smallest absolute Gasteiger partial charge is 0.295 e. The number of nitrogens with zero attached hydrogens (tertiary/aromatic N) is 1. The van der Waals surface area contributed by atoms with Crippen LogP contribution in [0.2, 0.25) is 5.02 Å². The summed E-state index contributed by atoms with van der Waals surface area (Å²) >= 11 is 9.45. The molecule has 1 unspecified atom stereocenters. The monoisotopic (exact) mass is 555 g/mol. The number of methoxy groups -OCH3 is 2. The molecule has 1 atom stereocenters. The van der Waals surface area contributed by atoms with Crippen molar-refractivity contribution < 1.29 is 24.2 Å². The van der Waals surface area contributed by atoms with Crippen molar-refractivity contribution in [3.05, 3.63) is 98.5 Å². The maximum atomic E-state index is 13.2. The lowest BCUT2D eigenvalue weighted by Crippen LogP contribution is -2.31. The molecule has 1 fully saturated rings. The molecule has 1 N–H and O–H groups in total. The number of Topliss-reactive ketones (excluding diaryl/α,β-unsaturated/α-hetero) is 1. The van der Waals surface area contributed by atoms with Gasteiger partial charge in [0.25, 0.3) is 11.7 Å². The zero-order chi connectivity index (χ0) is 25.1. The van der Waals surface area contributed by atoms with Gasteiger partial charge in [0.05, 0.1) is 25.8 Å². The first-order valence-corrected chi connectivity index (χ1v) is 12.0. The molecule has 6 nitrogen and oxygen atoms in total. The van der Waals surface area contributed by atoms with E-state index in [4.69, 9.17) is 21.1 Å². The van der Waals surface area contributed by atoms with Crippen molar-refractivity contribution in [3.8, 4) is 11.5 Å². The van der Waals surface area contributed by atoms with Gasteiger partial charge < -0.3 is 19.5 Å². The predicted molar refractivity (Wildman–Crippen MR) is 138 cm³/mol. The lowest BCUT2D eigenvalue weighted by molar-refractivity contribution is -0.139. The maximum Gasteiger partial charge on any atom is 0.295 e. The summed E-state index contributed by atoms with van der Waals surface area (Å²) in [5.74, 6) is -0.421. The minimum absolute atomic E-state index is 0.0481. The zero-order valence-electron chi connectivity index (χ0n) is 19.1. The van der Waals surface area contributed by atoms with Crippen molar-refractivity contribution in [1.29, 1.82) is 0 Å². The van der Waals surface area contributed by atoms with E-state index in [2.05, 4.69) is 15.9 Å². The van der Waals surface area contributed by atoms with Gasteiger partial charge in [0.1, 0.15) is 5.76 Å². The van der Waals surface area contributed by atoms with E-state index in [1.165, 1.54) is 4.90 Å². The van der Waals surface area contributed by atoms with Crippen LogP contribution in [-0.2, 0) is 16.0 Å². The fraction of sp³-hybridized carbons (Fsp3) is 0.185. The molecule has 0 radical (unpaired) electrons. The molecular weight excluding hydrogens is 534 g/mol. The van der Waals surface area contributed by atoms with E-state index in [1.54, 1.807) is 68.8 Å². The van der Waals surface area contributed by atoms with Crippen molar-refractivity contribution in [2.24, 2.45) is 0 Å². The van der Waals surface area contributed by atoms with Crippen molar-refractivity contribution in [1.82, 2.24) is 4.90 Å². The molecule has 3 aromatic rings. The second-order valence-electron chi connectivity index (χ2n) is 7.99. The van der Waals surface area contributed by atoms with Crippen molar-refractivity contribution in [2.75, 3.05) is 20.8 Å². The Kier molecular flexibility index (Phi) is 7.48. The highest BCUT2D eigenvalue weighted by Crippen LogP contribution is 2.40. The quantitative estimate of drug-likeness (QED) is 0.227. The highest BCUT2D eigenvalue weighted by molar-refractivity contribution is 9.10. The molecule has 1 heterocycles. The lowest BCUT2D eigenvalue weighted by atomic mass is 9.95. The number of aliphatic hydroxyl groups excluding tert-OH is 1. The molecule has 0 spiro atoms. The van der Waals surface area contributed by atoms with Crippen LogP contribution < -0.4 is 9.47 Å². The standard InChI is InChI=1S/C27H23BrClNO5/c1-34-21-12-3-16(15-22(21)35-2)13-14-30-24(17-6-10-20(29)11-7-17)23(26(32)27(30)33)25(31)18-4-8-19(28)9-5-18/h3-12,15,24,31H,13-14H2,1-2H3/b25-23-. The predicted octanol–water partition coefficient (Wildman–Crippen LogP) is 5.78. The molecule has 1 amide bonds. The highest BCUT2D eigenvalue weighted by atomic mass is 79.9. The Bertz CT molecular complexity index is 1290. The fourth-order valence-corrected chi connectivity index (χ4v) is 4.54. The molecule has 1 aliphatic heterocycles. The second kappa shape index (κ2) is 10.5. The third kappa shape index (κ3) is 5.06. The number of carbonyl (C=O) groups excluding carboxylic acids is 2. The minimum Gasteiger partial charge on any atom is -0.507 e. The summed E-state index contributed by atoms with van der Waals surface area (Å²) in [6.07, 6.45) is 0.468. The lowest BCUT2D eigenvalue weighted by Gasteiger charge is -2.25. The number of amides is 1. The molecule has 0 saturated carbocycles. The Morgan fingerprint density at radius 1 is 0.971 bits per heavy atom. The first-order chi connectivity index (χ1) is 16.8. The molecule has 1 saturated heterocycles. The van der Waals surface area contributed by atoms with Crippen LogP contribution in [0.1, 0.15) is 22.7 Å². The number of aliphatic hydroxyl groups is 1. The van der Waals surface area contributed by atoms with Crippen LogP contribution >= 0.6 is 27.5 Å². The second-order valence-corrected chi connectivity index (χ2v) is 9.34. The van der Waals surface area contributed by atoms with Gasteiger partial charge in [-0.3, -0.25) is 9.59 Å². The Balaban J connectivity index is 1.73. The third-order valence-corrected chi connectivity index (χ3v) is 6.71. The number of ether oxygens (including phenoxy) is 2. The molecular formula is C27H23BrClNO5. The van der Waals surface area contributed by atoms with E-state index in [1.807, 2.05) is 12.1 Å². The number of rotatable bonds is 7. The summed E-state index contributed by atoms with van der Waals surface area (Å²) in [5.41, 5.74) is 2.09. The van der Waals surface area contributed by atoms with Crippen LogP contribution in [0.4, 0.5) is 0 Å². The number of likely N-dealkylation sites (tertiary alicyclic amines) is 1. The van der Waals surface area contributed by atoms with E-state index < -0.39 is 17.7 Å². The van der Waals surface area contributed by atoms with Crippen molar-refractivity contribution in [3.63, 3.8) is 0 Å². The third-order valence-electron chi connectivity index (χ3n) is 5.93. The molecule has 35 heavy (non-hydrogen) atoms. The summed E-state index contributed by atoms with van der Waals surface area (Å²) in [5, 5.41) is 11.7. The van der Waals surface area contributed by atoms with E-state index in [0.29, 0.717) is 34.1 Å². The van der Waals surface area contributed by atoms with Crippen molar-refractivity contribution >= 4 is 45.0 Å². The number of halogens is 2. The molecule has 1 aliphatic rings. The van der Waals surface area contributed by atoms with Crippen molar-refractivity contribution in [2.45, 2.75) is 12.5 Å². The normalized spacial score (nSPS) is 17.0. The average molecular weight is 557 g/mol. The summed E-state index contributed by atoms with van der Waals surface area (Å²) in [4.78, 5) is 27.8. The van der Waals surface area contributed by atoms with Gasteiger partial charge in [-0.05, 0) is 53.9 Å². The summed E-state index contributed by atoms with van der Waals surface area (Å²) in [6, 6.07) is 18.6. The number of hydrogen-bond donors (Lipinski definition) is 1. The fourth-order valence-electron chi connectivity index (χ4n) is 4.15. The Labute approximate surface area is 216 Å². The Morgan fingerprint density at radius 3 is 2.26 bits per heavy atom. The number of hydrogen-bond acceptors (Lipinski definition) is 5. The van der Waals surface area contributed by atoms with Gasteiger partial charge in [0.2, 0.25) is 0 Å². The van der Waals surface area contributed by atoms with Crippen LogP contribution in [0, 0.1) is 0 Å². The van der Waals surface area contributed by atoms with Crippen LogP contribution in [0.15, 0.2) is 76.8 Å². The molecule has 3 aromatic carbocycles. The van der Waals surface area contributed by atoms with Crippen LogP contribution in [0.3, 0.4) is 0 Å². The largest absolute Gasteiger partial charge is 0.507 e. The topological polar surface area (TPSA) is 76.1 Å². The van der Waals surface area contributed by atoms with E-state index >= 15 is 0 Å². The van der Waals surface area contributed by atoms with E-state index in [0.717, 1.165) is 10.0 Å². The first-order valence-electron chi connectivity index (χ1n) is 10.8. The molecule has 180 valence electrons. The van der Waals surface area contributed by atoms with Gasteiger partial charge in [-0.2, -0.15) is 0 Å². The average Bonchev–Trinajstić information content (AvgIpc) is 3.12. The van der Waals surface area contributed by atoms with Crippen LogP contribution in [0.5, 0.6) is 11.5 Å². The number of carbonyl (C=O) groups is 2. The van der Waals surface area contributed by atoms with Gasteiger partial charge in [0.15, 0.2) is 11.5 Å². The molecule has 0 aromatic heterocycles. The van der Waals surface area contributed by atoms with Crippen LogP contribution in [0.25, 0.3) is 5.76 Å². The minimum atomic E-state index is -0.754. The van der Waals surface area contributed by atoms with Gasteiger partial charge in [0, 0.05) is 21.6 Å². The summed E-state index contributed by atoms with van der Waals surface area (Å²) in [6.45, 7) is 0.254. The first kappa shape index (κ1) is 24.8. The molecule has 4 rings (SSSR count). The number of benzene rings is 3. The molecule has 0 bridgehead atoms. The van der Waals surface area contributed by atoms with E-state index in [9.17, 15) is 14.7 Å². The van der Waals surface area contributed by atoms with Gasteiger partial charge in [-0.15, -0.1) is 0 Å². The van der Waals surface area contributed by atoms with Crippen LogP contribution in [-0.4, -0.2) is 42.5 Å².